The zero-order chi connectivity index (χ0) is 11.9. The number of hydrogen-bond acceptors (Lipinski definition) is 4. The summed E-state index contributed by atoms with van der Waals surface area (Å²) < 4.78 is 5.33. The molecule has 0 spiro atoms. The van der Waals surface area contributed by atoms with Crippen LogP contribution in [0.15, 0.2) is 0 Å². The molecule has 0 bridgehead atoms. The average molecular weight is 241 g/mol. The van der Waals surface area contributed by atoms with E-state index in [1.165, 1.54) is 12.8 Å². The molecule has 0 atom stereocenters. The number of carbonyl (C=O) groups is 1. The number of ether oxygens (including phenoxy) is 1. The van der Waals surface area contributed by atoms with Crippen molar-refractivity contribution < 1.29 is 9.53 Å². The molecule has 17 heavy (non-hydrogen) atoms. The highest BCUT2D eigenvalue weighted by Crippen LogP contribution is 2.28. The maximum absolute atomic E-state index is 11.4. The number of hydrogen-bond donors (Lipinski definition) is 2. The highest BCUT2D eigenvalue weighted by molar-refractivity contribution is 5.77. The summed E-state index contributed by atoms with van der Waals surface area (Å²) in [7, 11) is 0. The predicted octanol–water partition coefficient (Wildman–Crippen LogP) is -0.566. The number of amides is 1. The van der Waals surface area contributed by atoms with Crippen molar-refractivity contribution in [1.82, 2.24) is 15.5 Å². The van der Waals surface area contributed by atoms with Gasteiger partial charge in [-0.05, 0) is 18.8 Å². The van der Waals surface area contributed by atoms with Gasteiger partial charge >= 0.3 is 0 Å². The first-order valence-corrected chi connectivity index (χ1v) is 6.62. The second kappa shape index (κ2) is 6.93. The topological polar surface area (TPSA) is 53.6 Å². The van der Waals surface area contributed by atoms with Gasteiger partial charge in [-0.1, -0.05) is 0 Å². The summed E-state index contributed by atoms with van der Waals surface area (Å²) in [6.07, 6.45) is 2.54. The van der Waals surface area contributed by atoms with Crippen molar-refractivity contribution >= 4 is 5.91 Å². The van der Waals surface area contributed by atoms with Gasteiger partial charge in [0.05, 0.1) is 6.61 Å². The van der Waals surface area contributed by atoms with Gasteiger partial charge in [0.15, 0.2) is 0 Å². The second-order valence-corrected chi connectivity index (χ2v) is 4.90. The van der Waals surface area contributed by atoms with E-state index >= 15 is 0 Å². The number of nitrogens with zero attached hydrogens (tertiary/aromatic N) is 1. The van der Waals surface area contributed by atoms with Gasteiger partial charge in [0, 0.05) is 39.3 Å². The van der Waals surface area contributed by atoms with E-state index in [1.54, 1.807) is 0 Å². The first-order chi connectivity index (χ1) is 8.34. The molecule has 0 aromatic rings. The van der Waals surface area contributed by atoms with Gasteiger partial charge in [0.1, 0.15) is 6.61 Å². The van der Waals surface area contributed by atoms with E-state index in [9.17, 15) is 4.79 Å². The van der Waals surface area contributed by atoms with Gasteiger partial charge in [-0.25, -0.2) is 0 Å². The van der Waals surface area contributed by atoms with Crippen LogP contribution in [-0.2, 0) is 9.53 Å². The standard InChI is InChI=1S/C12H23N3O2/c16-12(10-17-9-11-1-2-11)14-5-8-15-6-3-13-4-7-15/h11,13H,1-10H2,(H,14,16). The van der Waals surface area contributed by atoms with E-state index in [1.807, 2.05) is 0 Å². The molecule has 2 fully saturated rings. The summed E-state index contributed by atoms with van der Waals surface area (Å²) in [6, 6.07) is 0. The van der Waals surface area contributed by atoms with Gasteiger partial charge in [-0.3, -0.25) is 9.69 Å². The summed E-state index contributed by atoms with van der Waals surface area (Å²) in [4.78, 5) is 13.8. The number of rotatable bonds is 7. The van der Waals surface area contributed by atoms with E-state index in [0.29, 0.717) is 0 Å². The van der Waals surface area contributed by atoms with Crippen LogP contribution in [0.5, 0.6) is 0 Å². The molecule has 5 nitrogen and oxygen atoms in total. The van der Waals surface area contributed by atoms with Crippen LogP contribution in [0.1, 0.15) is 12.8 Å². The normalized spacial score (nSPS) is 21.4. The highest BCUT2D eigenvalue weighted by Gasteiger charge is 2.21. The molecule has 5 heteroatoms. The van der Waals surface area contributed by atoms with Gasteiger partial charge in [-0.15, -0.1) is 0 Å². The van der Waals surface area contributed by atoms with Crippen LogP contribution in [0.2, 0.25) is 0 Å². The fourth-order valence-corrected chi connectivity index (χ4v) is 1.94. The van der Waals surface area contributed by atoms with Crippen LogP contribution in [0.3, 0.4) is 0 Å². The molecule has 0 aromatic carbocycles. The molecule has 1 aliphatic heterocycles. The monoisotopic (exact) mass is 241 g/mol. The maximum atomic E-state index is 11.4. The number of nitrogens with one attached hydrogen (secondary N) is 2. The first kappa shape index (κ1) is 12.8. The Kier molecular flexibility index (Phi) is 5.22. The summed E-state index contributed by atoms with van der Waals surface area (Å²) in [5.74, 6) is 0.740. The van der Waals surface area contributed by atoms with Crippen molar-refractivity contribution in [3.63, 3.8) is 0 Å². The Morgan fingerprint density at radius 1 is 1.35 bits per heavy atom. The van der Waals surface area contributed by atoms with Crippen molar-refractivity contribution in [3.8, 4) is 0 Å². The lowest BCUT2D eigenvalue weighted by atomic mass is 10.3. The lowest BCUT2D eigenvalue weighted by molar-refractivity contribution is -0.125. The number of carbonyl (C=O) groups excluding carboxylic acids is 1. The van der Waals surface area contributed by atoms with E-state index in [0.717, 1.165) is 51.8 Å². The van der Waals surface area contributed by atoms with E-state index in [4.69, 9.17) is 4.74 Å². The molecule has 1 heterocycles. The second-order valence-electron chi connectivity index (χ2n) is 4.90. The van der Waals surface area contributed by atoms with Gasteiger partial charge < -0.3 is 15.4 Å². The summed E-state index contributed by atoms with van der Waals surface area (Å²) in [5, 5.41) is 6.21. The Morgan fingerprint density at radius 3 is 2.82 bits per heavy atom. The third kappa shape index (κ3) is 5.48. The first-order valence-electron chi connectivity index (χ1n) is 6.62. The van der Waals surface area contributed by atoms with Crippen LogP contribution >= 0.6 is 0 Å². The Hall–Kier alpha value is -0.650. The van der Waals surface area contributed by atoms with E-state index in [2.05, 4.69) is 15.5 Å². The van der Waals surface area contributed by atoms with Gasteiger partial charge in [-0.2, -0.15) is 0 Å². The highest BCUT2D eigenvalue weighted by atomic mass is 16.5. The van der Waals surface area contributed by atoms with Crippen LogP contribution in [-0.4, -0.2) is 63.3 Å². The maximum Gasteiger partial charge on any atom is 0.246 e. The minimum atomic E-state index is 0.0146. The van der Waals surface area contributed by atoms with Crippen molar-refractivity contribution in [3.05, 3.63) is 0 Å². The molecule has 98 valence electrons. The lowest BCUT2D eigenvalue weighted by Gasteiger charge is -2.27. The summed E-state index contributed by atoms with van der Waals surface area (Å²) in [5.41, 5.74) is 0. The fourth-order valence-electron chi connectivity index (χ4n) is 1.94. The molecule has 1 aliphatic carbocycles. The van der Waals surface area contributed by atoms with Gasteiger partial charge in [0.2, 0.25) is 5.91 Å². The SMILES string of the molecule is O=C(COCC1CC1)NCCN1CCNCC1. The zero-order valence-electron chi connectivity index (χ0n) is 10.4. The van der Waals surface area contributed by atoms with Crippen molar-refractivity contribution in [2.45, 2.75) is 12.8 Å². The van der Waals surface area contributed by atoms with E-state index in [-0.39, 0.29) is 12.5 Å². The average Bonchev–Trinajstić information content (AvgIpc) is 3.14. The molecule has 2 rings (SSSR count). The molecular formula is C12H23N3O2. The minimum absolute atomic E-state index is 0.0146. The molecule has 1 saturated heterocycles. The van der Waals surface area contributed by atoms with Crippen LogP contribution < -0.4 is 10.6 Å². The Labute approximate surface area is 103 Å². The quantitative estimate of drug-likeness (QED) is 0.627. The molecule has 0 aromatic heterocycles. The summed E-state index contributed by atoms with van der Waals surface area (Å²) >= 11 is 0. The molecule has 0 unspecified atom stereocenters. The third-order valence-corrected chi connectivity index (χ3v) is 3.24. The van der Waals surface area contributed by atoms with E-state index < -0.39 is 0 Å². The van der Waals surface area contributed by atoms with Crippen LogP contribution in [0, 0.1) is 5.92 Å². The summed E-state index contributed by atoms with van der Waals surface area (Å²) in [6.45, 7) is 6.91. The van der Waals surface area contributed by atoms with Crippen LogP contribution in [0.25, 0.3) is 0 Å². The fraction of sp³-hybridized carbons (Fsp3) is 0.917. The molecule has 1 amide bonds. The van der Waals surface area contributed by atoms with Crippen LogP contribution in [0.4, 0.5) is 0 Å². The molecule has 0 radical (unpaired) electrons. The smallest absolute Gasteiger partial charge is 0.246 e. The zero-order valence-corrected chi connectivity index (χ0v) is 10.4. The number of piperazine rings is 1. The van der Waals surface area contributed by atoms with Gasteiger partial charge in [0.25, 0.3) is 0 Å². The van der Waals surface area contributed by atoms with Crippen molar-refractivity contribution in [1.29, 1.82) is 0 Å². The molecule has 1 saturated carbocycles. The predicted molar refractivity (Wildman–Crippen MR) is 65.9 cm³/mol. The lowest BCUT2D eigenvalue weighted by Crippen LogP contribution is -2.46. The molecule has 2 N–H and O–H groups in total. The van der Waals surface area contributed by atoms with Crippen molar-refractivity contribution in [2.24, 2.45) is 5.92 Å². The Morgan fingerprint density at radius 2 is 2.12 bits per heavy atom. The molecular weight excluding hydrogens is 218 g/mol. The largest absolute Gasteiger partial charge is 0.371 e. The minimum Gasteiger partial charge on any atom is -0.371 e. The van der Waals surface area contributed by atoms with Crippen molar-refractivity contribution in [2.75, 3.05) is 52.5 Å². The third-order valence-electron chi connectivity index (χ3n) is 3.24. The Balaban J connectivity index is 1.44. The Bertz CT molecular complexity index is 238. The molecule has 2 aliphatic rings.